The Morgan fingerprint density at radius 2 is 2.17 bits per heavy atom. The molecule has 0 rings (SSSR count). The van der Waals surface area contributed by atoms with Crippen molar-refractivity contribution in [1.29, 1.82) is 0 Å². The fourth-order valence-electron chi connectivity index (χ4n) is 0.387. The Labute approximate surface area is 66.0 Å². The molecule has 0 saturated carbocycles. The maximum absolute atomic E-state index is 10.4. The number of nitrogens with zero attached hydrogens (tertiary/aromatic N) is 1. The molecule has 0 aromatic heterocycles. The molecule has 8 heteroatoms. The first-order valence-electron chi connectivity index (χ1n) is 2.77. The Hall–Kier alpha value is -1.70. The molecule has 0 aromatic rings. The molecular weight excluding hydrogens is 172 g/mol. The van der Waals surface area contributed by atoms with E-state index in [1.165, 1.54) is 0 Å². The molecule has 0 aliphatic heterocycles. The third-order valence-electron chi connectivity index (χ3n) is 0.880. The van der Waals surface area contributed by atoms with Gasteiger partial charge in [0.05, 0.1) is 6.42 Å². The van der Waals surface area contributed by atoms with Crippen LogP contribution in [0, 0.1) is 10.1 Å². The average Bonchev–Trinajstić information content (AvgIpc) is 1.84. The van der Waals surface area contributed by atoms with Gasteiger partial charge >= 0.3 is 17.0 Å². The van der Waals surface area contributed by atoms with Crippen LogP contribution in [0.1, 0.15) is 6.42 Å². The number of carboxylic acid groups (broad SMARTS) is 1. The number of aliphatic carboxylic acids is 1. The number of carbonyl (C=O) groups is 2. The van der Waals surface area contributed by atoms with Crippen LogP contribution >= 0.6 is 0 Å². The van der Waals surface area contributed by atoms with Gasteiger partial charge in [-0.25, -0.2) is 4.84 Å². The van der Waals surface area contributed by atoms with Crippen molar-refractivity contribution in [2.45, 2.75) is 12.5 Å². The van der Waals surface area contributed by atoms with Crippen LogP contribution in [-0.2, 0) is 14.4 Å². The number of rotatable bonds is 4. The molecule has 0 radical (unpaired) electrons. The number of nitrogens with two attached hydrogens (primary N) is 1. The topological polar surface area (TPSA) is 133 Å². The van der Waals surface area contributed by atoms with E-state index in [0.29, 0.717) is 0 Å². The van der Waals surface area contributed by atoms with Gasteiger partial charge in [0.1, 0.15) is 6.04 Å². The van der Waals surface area contributed by atoms with Gasteiger partial charge in [-0.2, -0.15) is 0 Å². The molecule has 0 amide bonds. The van der Waals surface area contributed by atoms with Crippen LogP contribution in [0.15, 0.2) is 0 Å². The zero-order chi connectivity index (χ0) is 9.72. The Kier molecular flexibility index (Phi) is 3.63. The smallest absolute Gasteiger partial charge is 0.321 e. The van der Waals surface area contributed by atoms with Crippen molar-refractivity contribution in [3.63, 3.8) is 0 Å². The van der Waals surface area contributed by atoms with Crippen LogP contribution in [0.5, 0.6) is 0 Å². The highest BCUT2D eigenvalue weighted by Crippen LogP contribution is 1.91. The van der Waals surface area contributed by atoms with Crippen molar-refractivity contribution in [3.05, 3.63) is 10.1 Å². The predicted molar refractivity (Wildman–Crippen MR) is 33.3 cm³/mol. The van der Waals surface area contributed by atoms with Gasteiger partial charge in [0.25, 0.3) is 0 Å². The Morgan fingerprint density at radius 3 is 2.50 bits per heavy atom. The van der Waals surface area contributed by atoms with Gasteiger partial charge in [0.2, 0.25) is 0 Å². The van der Waals surface area contributed by atoms with Gasteiger partial charge in [-0.3, -0.25) is 9.59 Å². The maximum Gasteiger partial charge on any atom is 0.321 e. The molecule has 8 nitrogen and oxygen atoms in total. The van der Waals surface area contributed by atoms with E-state index in [1.807, 2.05) is 0 Å². The lowest BCUT2D eigenvalue weighted by Crippen LogP contribution is -2.33. The van der Waals surface area contributed by atoms with E-state index in [1.54, 1.807) is 0 Å². The molecule has 0 aliphatic rings. The summed E-state index contributed by atoms with van der Waals surface area (Å²) in [6.45, 7) is 0. The largest absolute Gasteiger partial charge is 0.480 e. The van der Waals surface area contributed by atoms with Crippen molar-refractivity contribution in [2.75, 3.05) is 0 Å². The van der Waals surface area contributed by atoms with Crippen molar-refractivity contribution >= 4 is 11.9 Å². The summed E-state index contributed by atoms with van der Waals surface area (Å²) in [6, 6.07) is -1.47. The highest BCUT2D eigenvalue weighted by molar-refractivity contribution is 5.80. The lowest BCUT2D eigenvalue weighted by atomic mass is 10.2. The molecular formula is C4H6N2O6. The van der Waals surface area contributed by atoms with Crippen LogP contribution in [-0.4, -0.2) is 28.2 Å². The molecule has 3 N–H and O–H groups in total. The fourth-order valence-corrected chi connectivity index (χ4v) is 0.387. The van der Waals surface area contributed by atoms with Gasteiger partial charge in [0.15, 0.2) is 0 Å². The quantitative estimate of drug-likeness (QED) is 0.396. The Morgan fingerprint density at radius 1 is 1.67 bits per heavy atom. The zero-order valence-corrected chi connectivity index (χ0v) is 5.80. The second kappa shape index (κ2) is 4.23. The molecule has 12 heavy (non-hydrogen) atoms. The fraction of sp³-hybridized carbons (Fsp3) is 0.500. The summed E-state index contributed by atoms with van der Waals surface area (Å²) in [5, 5.41) is 16.4. The number of carbonyl (C=O) groups excluding carboxylic acids is 1. The van der Waals surface area contributed by atoms with Gasteiger partial charge in [-0.15, -0.1) is 10.1 Å². The predicted octanol–water partition coefficient (Wildman–Crippen LogP) is -1.48. The second-order valence-corrected chi connectivity index (χ2v) is 1.84. The van der Waals surface area contributed by atoms with E-state index < -0.39 is 29.5 Å². The molecule has 0 aliphatic carbocycles. The first kappa shape index (κ1) is 10.3. The van der Waals surface area contributed by atoms with Crippen molar-refractivity contribution in [3.8, 4) is 0 Å². The summed E-state index contributed by atoms with van der Waals surface area (Å²) in [7, 11) is 0. The maximum atomic E-state index is 10.4. The van der Waals surface area contributed by atoms with E-state index >= 15 is 0 Å². The van der Waals surface area contributed by atoms with Gasteiger partial charge in [0, 0.05) is 0 Å². The number of carboxylic acids is 1. The van der Waals surface area contributed by atoms with Crippen LogP contribution in [0.2, 0.25) is 0 Å². The number of hydrogen-bond acceptors (Lipinski definition) is 6. The second-order valence-electron chi connectivity index (χ2n) is 1.84. The highest BCUT2D eigenvalue weighted by atomic mass is 17.0. The zero-order valence-electron chi connectivity index (χ0n) is 5.80. The third kappa shape index (κ3) is 4.17. The Bertz CT molecular complexity index is 214. The summed E-state index contributed by atoms with van der Waals surface area (Å²) >= 11 is 0. The standard InChI is InChI=1S/C4H6N2O6/c5-2(4(8)9)1-3(7)12-6(10)11/h2H,1,5H2,(H,8,9)/t2-/m0/s1. The van der Waals surface area contributed by atoms with Crippen LogP contribution in [0.25, 0.3) is 0 Å². The van der Waals surface area contributed by atoms with E-state index in [2.05, 4.69) is 4.84 Å². The molecule has 68 valence electrons. The van der Waals surface area contributed by atoms with Crippen molar-refractivity contribution < 1.29 is 24.6 Å². The molecule has 1 atom stereocenters. The SMILES string of the molecule is N[C@@H](CC(=O)O[N+](=O)[O-])C(=O)O. The van der Waals surface area contributed by atoms with E-state index in [0.717, 1.165) is 0 Å². The molecule has 0 bridgehead atoms. The van der Waals surface area contributed by atoms with Crippen LogP contribution in [0.3, 0.4) is 0 Å². The van der Waals surface area contributed by atoms with E-state index in [4.69, 9.17) is 10.8 Å². The minimum atomic E-state index is -1.47. The third-order valence-corrected chi connectivity index (χ3v) is 0.880. The summed E-state index contributed by atoms with van der Waals surface area (Å²) < 4.78 is 0. The summed E-state index contributed by atoms with van der Waals surface area (Å²) in [6.07, 6.45) is -0.726. The van der Waals surface area contributed by atoms with Crippen molar-refractivity contribution in [2.24, 2.45) is 5.73 Å². The molecule has 0 fully saturated rings. The van der Waals surface area contributed by atoms with E-state index in [9.17, 15) is 19.7 Å². The minimum absolute atomic E-state index is 0.726. The van der Waals surface area contributed by atoms with E-state index in [-0.39, 0.29) is 0 Å². The number of hydrogen-bond donors (Lipinski definition) is 2. The molecule has 0 spiro atoms. The van der Waals surface area contributed by atoms with Gasteiger partial charge < -0.3 is 10.8 Å². The first-order chi connectivity index (χ1) is 5.43. The lowest BCUT2D eigenvalue weighted by Gasteiger charge is -2.02. The first-order valence-corrected chi connectivity index (χ1v) is 2.77. The summed E-state index contributed by atoms with van der Waals surface area (Å²) in [5.41, 5.74) is 4.87. The summed E-state index contributed by atoms with van der Waals surface area (Å²) in [5.74, 6) is -2.70. The highest BCUT2D eigenvalue weighted by Gasteiger charge is 2.18. The average molecular weight is 178 g/mol. The Balaban J connectivity index is 3.85. The lowest BCUT2D eigenvalue weighted by molar-refractivity contribution is -0.729. The minimum Gasteiger partial charge on any atom is -0.480 e. The summed E-state index contributed by atoms with van der Waals surface area (Å²) in [4.78, 5) is 33.3. The van der Waals surface area contributed by atoms with Crippen molar-refractivity contribution in [1.82, 2.24) is 0 Å². The van der Waals surface area contributed by atoms with Crippen LogP contribution < -0.4 is 5.73 Å². The van der Waals surface area contributed by atoms with Gasteiger partial charge in [-0.05, 0) is 0 Å². The molecule has 0 heterocycles. The monoisotopic (exact) mass is 178 g/mol. The molecule has 0 aromatic carbocycles. The van der Waals surface area contributed by atoms with Crippen LogP contribution in [0.4, 0.5) is 0 Å². The van der Waals surface area contributed by atoms with Gasteiger partial charge in [-0.1, -0.05) is 0 Å². The molecule has 0 saturated heterocycles. The normalized spacial score (nSPS) is 11.8. The molecule has 0 unspecified atom stereocenters.